The van der Waals surface area contributed by atoms with Crippen molar-refractivity contribution in [3.63, 3.8) is 0 Å². The van der Waals surface area contributed by atoms with Crippen LogP contribution in [0, 0.1) is 17.2 Å². The van der Waals surface area contributed by atoms with Gasteiger partial charge in [-0.25, -0.2) is 4.79 Å². The second-order valence-electron chi connectivity index (χ2n) is 9.58. The standard InChI is InChI=1S/C27H28N2O2/c1-19-17-29(15-14-27(19)13-10-20-4-2-3-5-24(20)27)23-11-12-26(16-23,18-28)22-8-6-21(7-9-22)25(30)31/h2-10,13,19,23H,11-12,14-17H2,1H3,(H,30,31)/t19-,23?,26?,27?/m0/s1. The molecular formula is C27H28N2O2. The fourth-order valence-electron chi connectivity index (χ4n) is 6.25. The van der Waals surface area contributed by atoms with Gasteiger partial charge >= 0.3 is 5.97 Å². The minimum Gasteiger partial charge on any atom is -0.478 e. The molecule has 2 fully saturated rings. The third kappa shape index (κ3) is 3.11. The highest BCUT2D eigenvalue weighted by atomic mass is 16.4. The minimum absolute atomic E-state index is 0.144. The Bertz CT molecular complexity index is 1080. The molecule has 1 N–H and O–H groups in total. The monoisotopic (exact) mass is 412 g/mol. The molecule has 0 bridgehead atoms. The van der Waals surface area contributed by atoms with Gasteiger partial charge in [0.25, 0.3) is 0 Å². The summed E-state index contributed by atoms with van der Waals surface area (Å²) in [6.45, 7) is 4.46. The number of carboxylic acids is 1. The van der Waals surface area contributed by atoms with Crippen LogP contribution in [0.4, 0.5) is 0 Å². The van der Waals surface area contributed by atoms with Gasteiger partial charge in [0, 0.05) is 18.0 Å². The molecule has 2 aliphatic carbocycles. The summed E-state index contributed by atoms with van der Waals surface area (Å²) < 4.78 is 0. The van der Waals surface area contributed by atoms with Crippen molar-refractivity contribution >= 4 is 12.0 Å². The Labute approximate surface area is 183 Å². The highest BCUT2D eigenvalue weighted by Crippen LogP contribution is 2.49. The van der Waals surface area contributed by atoms with Crippen molar-refractivity contribution in [2.24, 2.45) is 5.92 Å². The van der Waals surface area contributed by atoms with E-state index in [0.717, 1.165) is 44.3 Å². The fourth-order valence-corrected chi connectivity index (χ4v) is 6.25. The van der Waals surface area contributed by atoms with Gasteiger partial charge in [-0.1, -0.05) is 55.5 Å². The number of likely N-dealkylation sites (tertiary alicyclic amines) is 1. The molecule has 3 unspecified atom stereocenters. The summed E-state index contributed by atoms with van der Waals surface area (Å²) in [5.41, 5.74) is 3.68. The van der Waals surface area contributed by atoms with Gasteiger partial charge < -0.3 is 5.11 Å². The second kappa shape index (κ2) is 7.35. The number of aromatic carboxylic acids is 1. The molecular weight excluding hydrogens is 384 g/mol. The summed E-state index contributed by atoms with van der Waals surface area (Å²) in [6.07, 6.45) is 8.50. The van der Waals surface area contributed by atoms with Crippen LogP contribution < -0.4 is 0 Å². The van der Waals surface area contributed by atoms with Crippen molar-refractivity contribution in [1.29, 1.82) is 5.26 Å². The number of carboxylic acid groups (broad SMARTS) is 1. The maximum Gasteiger partial charge on any atom is 0.335 e. The van der Waals surface area contributed by atoms with Crippen LogP contribution in [-0.2, 0) is 10.8 Å². The third-order valence-corrected chi connectivity index (χ3v) is 8.13. The molecule has 0 amide bonds. The molecule has 31 heavy (non-hydrogen) atoms. The van der Waals surface area contributed by atoms with Crippen LogP contribution >= 0.6 is 0 Å². The first-order valence-electron chi connectivity index (χ1n) is 11.3. The Morgan fingerprint density at radius 1 is 1.16 bits per heavy atom. The first kappa shape index (κ1) is 20.0. The summed E-state index contributed by atoms with van der Waals surface area (Å²) >= 11 is 0. The highest BCUT2D eigenvalue weighted by molar-refractivity contribution is 5.87. The number of piperidine rings is 1. The Balaban J connectivity index is 1.33. The molecule has 0 radical (unpaired) electrons. The van der Waals surface area contributed by atoms with Crippen LogP contribution in [0.3, 0.4) is 0 Å². The molecule has 158 valence electrons. The zero-order chi connectivity index (χ0) is 21.6. The van der Waals surface area contributed by atoms with Crippen LogP contribution in [0.2, 0.25) is 0 Å². The highest BCUT2D eigenvalue weighted by Gasteiger charge is 2.48. The smallest absolute Gasteiger partial charge is 0.335 e. The lowest BCUT2D eigenvalue weighted by Crippen LogP contribution is -2.50. The topological polar surface area (TPSA) is 64.3 Å². The molecule has 1 spiro atoms. The maximum atomic E-state index is 11.2. The number of nitriles is 1. The molecule has 1 aliphatic heterocycles. The van der Waals surface area contributed by atoms with Crippen molar-refractivity contribution < 1.29 is 9.90 Å². The molecule has 2 aromatic rings. The number of fused-ring (bicyclic) bond motifs is 2. The summed E-state index contributed by atoms with van der Waals surface area (Å²) in [4.78, 5) is 13.8. The van der Waals surface area contributed by atoms with E-state index in [4.69, 9.17) is 0 Å². The average molecular weight is 413 g/mol. The van der Waals surface area contributed by atoms with Crippen molar-refractivity contribution in [1.82, 2.24) is 4.90 Å². The zero-order valence-electron chi connectivity index (χ0n) is 17.9. The van der Waals surface area contributed by atoms with Crippen LogP contribution in [0.1, 0.15) is 59.7 Å². The average Bonchev–Trinajstić information content (AvgIpc) is 3.40. The summed E-state index contributed by atoms with van der Waals surface area (Å²) in [7, 11) is 0. The largest absolute Gasteiger partial charge is 0.478 e. The number of carbonyl (C=O) groups is 1. The van der Waals surface area contributed by atoms with Gasteiger partial charge in [0.1, 0.15) is 0 Å². The Hall–Kier alpha value is -2.90. The van der Waals surface area contributed by atoms with Crippen molar-refractivity contribution in [3.8, 4) is 6.07 Å². The first-order valence-corrected chi connectivity index (χ1v) is 11.3. The SMILES string of the molecule is C[C@H]1CN(C2CCC(C#N)(c3ccc(C(=O)O)cc3)C2)CCC12C=Cc1ccccc12. The molecule has 4 nitrogen and oxygen atoms in total. The first-order chi connectivity index (χ1) is 15.0. The van der Waals surface area contributed by atoms with Crippen LogP contribution in [0.25, 0.3) is 6.08 Å². The van der Waals surface area contributed by atoms with Gasteiger partial charge in [0.15, 0.2) is 0 Å². The summed E-state index contributed by atoms with van der Waals surface area (Å²) in [5.74, 6) is -0.409. The second-order valence-corrected chi connectivity index (χ2v) is 9.58. The molecule has 4 atom stereocenters. The Morgan fingerprint density at radius 3 is 2.65 bits per heavy atom. The third-order valence-electron chi connectivity index (χ3n) is 8.13. The van der Waals surface area contributed by atoms with E-state index in [-0.39, 0.29) is 11.0 Å². The lowest BCUT2D eigenvalue weighted by molar-refractivity contribution is 0.0697. The predicted molar refractivity (Wildman–Crippen MR) is 121 cm³/mol. The van der Waals surface area contributed by atoms with E-state index >= 15 is 0 Å². The summed E-state index contributed by atoms with van der Waals surface area (Å²) in [5, 5.41) is 19.3. The molecule has 4 heteroatoms. The van der Waals surface area contributed by atoms with E-state index in [0.29, 0.717) is 12.0 Å². The van der Waals surface area contributed by atoms with Gasteiger partial charge in [-0.05, 0) is 67.0 Å². The predicted octanol–water partition coefficient (Wildman–Crippen LogP) is 5.01. The van der Waals surface area contributed by atoms with E-state index in [2.05, 4.69) is 54.3 Å². The minimum atomic E-state index is -0.930. The van der Waals surface area contributed by atoms with Crippen LogP contribution in [0.15, 0.2) is 54.6 Å². The number of rotatable bonds is 3. The molecule has 1 saturated carbocycles. The van der Waals surface area contributed by atoms with E-state index < -0.39 is 11.4 Å². The Kier molecular flexibility index (Phi) is 4.75. The molecule has 0 aromatic heterocycles. The quantitative estimate of drug-likeness (QED) is 0.770. The number of hydrogen-bond donors (Lipinski definition) is 1. The summed E-state index contributed by atoms with van der Waals surface area (Å²) in [6, 6.07) is 18.7. The van der Waals surface area contributed by atoms with Gasteiger partial charge in [-0.2, -0.15) is 5.26 Å². The molecule has 2 aromatic carbocycles. The van der Waals surface area contributed by atoms with E-state index in [1.807, 2.05) is 12.1 Å². The fraction of sp³-hybridized carbons (Fsp3) is 0.407. The van der Waals surface area contributed by atoms with Crippen LogP contribution in [0.5, 0.6) is 0 Å². The maximum absolute atomic E-state index is 11.2. The number of benzene rings is 2. The number of nitrogens with zero attached hydrogens (tertiary/aromatic N) is 2. The number of allylic oxidation sites excluding steroid dienone is 1. The van der Waals surface area contributed by atoms with Gasteiger partial charge in [0.2, 0.25) is 0 Å². The van der Waals surface area contributed by atoms with Crippen molar-refractivity contribution in [2.45, 2.75) is 49.5 Å². The lowest BCUT2D eigenvalue weighted by atomic mass is 9.67. The van der Waals surface area contributed by atoms with Crippen LogP contribution in [-0.4, -0.2) is 35.1 Å². The lowest BCUT2D eigenvalue weighted by Gasteiger charge is -2.46. The van der Waals surface area contributed by atoms with Crippen molar-refractivity contribution in [3.05, 3.63) is 76.9 Å². The zero-order valence-corrected chi connectivity index (χ0v) is 17.9. The Morgan fingerprint density at radius 2 is 1.94 bits per heavy atom. The van der Waals surface area contributed by atoms with E-state index in [9.17, 15) is 15.2 Å². The molecule has 1 saturated heterocycles. The molecule has 3 aliphatic rings. The molecule has 1 heterocycles. The number of hydrogen-bond acceptors (Lipinski definition) is 3. The van der Waals surface area contributed by atoms with E-state index in [1.54, 1.807) is 12.1 Å². The molecule has 5 rings (SSSR count). The van der Waals surface area contributed by atoms with E-state index in [1.165, 1.54) is 11.1 Å². The van der Waals surface area contributed by atoms with Crippen molar-refractivity contribution in [2.75, 3.05) is 13.1 Å². The van der Waals surface area contributed by atoms with Gasteiger partial charge in [0.05, 0.1) is 17.0 Å². The normalized spacial score (nSPS) is 32.1. The van der Waals surface area contributed by atoms with Gasteiger partial charge in [-0.3, -0.25) is 4.90 Å². The van der Waals surface area contributed by atoms with Gasteiger partial charge in [-0.15, -0.1) is 0 Å².